The number of carbonyl (C=O) groups is 1. The van der Waals surface area contributed by atoms with Crippen molar-refractivity contribution < 1.29 is 27.6 Å². The molecule has 1 amide bonds. The quantitative estimate of drug-likeness (QED) is 0.287. The number of nitrogens with zero attached hydrogens (tertiary/aromatic N) is 1. The largest absolute Gasteiger partial charge is 0.423 e. The van der Waals surface area contributed by atoms with Crippen molar-refractivity contribution in [2.24, 2.45) is 0 Å². The fraction of sp³-hybridized carbons (Fsp3) is 0.346. The van der Waals surface area contributed by atoms with Crippen LogP contribution in [0.1, 0.15) is 36.8 Å². The Morgan fingerprint density at radius 2 is 1.67 bits per heavy atom. The SMILES string of the molecule is Cc1ccc2cc(NC(=O)COC3CCC(Nc4ccc([N+](=O)[O-])c(C(F)(F)F)c4)CC3)ccc2c1. The highest BCUT2D eigenvalue weighted by molar-refractivity contribution is 5.95. The van der Waals surface area contributed by atoms with Gasteiger partial charge in [-0.25, -0.2) is 0 Å². The number of halogens is 3. The fourth-order valence-corrected chi connectivity index (χ4v) is 4.46. The molecule has 3 aromatic rings. The van der Waals surface area contributed by atoms with E-state index in [1.165, 1.54) is 6.07 Å². The van der Waals surface area contributed by atoms with Gasteiger partial charge in [-0.15, -0.1) is 0 Å². The van der Waals surface area contributed by atoms with Gasteiger partial charge in [-0.3, -0.25) is 14.9 Å². The smallest absolute Gasteiger partial charge is 0.382 e. The average Bonchev–Trinajstić information content (AvgIpc) is 2.83. The molecule has 0 spiro atoms. The second-order valence-electron chi connectivity index (χ2n) is 9.03. The normalized spacial score (nSPS) is 18.1. The first kappa shape index (κ1) is 25.4. The molecule has 0 bridgehead atoms. The summed E-state index contributed by atoms with van der Waals surface area (Å²) in [6.45, 7) is 1.93. The lowest BCUT2D eigenvalue weighted by Crippen LogP contribution is -2.31. The molecule has 0 saturated heterocycles. The van der Waals surface area contributed by atoms with Crippen molar-refractivity contribution in [3.05, 3.63) is 75.8 Å². The predicted octanol–water partition coefficient (Wildman–Crippen LogP) is 6.45. The van der Waals surface area contributed by atoms with Crippen molar-refractivity contribution in [1.82, 2.24) is 0 Å². The van der Waals surface area contributed by atoms with Crippen molar-refractivity contribution >= 4 is 33.7 Å². The summed E-state index contributed by atoms with van der Waals surface area (Å²) < 4.78 is 45.4. The summed E-state index contributed by atoms with van der Waals surface area (Å²) in [5.74, 6) is -0.257. The molecule has 190 valence electrons. The van der Waals surface area contributed by atoms with Crippen molar-refractivity contribution in [3.8, 4) is 0 Å². The predicted molar refractivity (Wildman–Crippen MR) is 131 cm³/mol. The van der Waals surface area contributed by atoms with Crippen molar-refractivity contribution in [3.63, 3.8) is 0 Å². The molecule has 2 N–H and O–H groups in total. The van der Waals surface area contributed by atoms with Gasteiger partial charge >= 0.3 is 6.18 Å². The summed E-state index contributed by atoms with van der Waals surface area (Å²) in [4.78, 5) is 22.2. The number of nitro groups is 1. The molecule has 7 nitrogen and oxygen atoms in total. The van der Waals surface area contributed by atoms with Crippen LogP contribution in [0.2, 0.25) is 0 Å². The second-order valence-corrected chi connectivity index (χ2v) is 9.03. The van der Waals surface area contributed by atoms with E-state index >= 15 is 0 Å². The van der Waals surface area contributed by atoms with E-state index in [0.717, 1.165) is 28.5 Å². The number of anilines is 2. The Balaban J connectivity index is 1.25. The third-order valence-electron chi connectivity index (χ3n) is 6.27. The Bertz CT molecular complexity index is 1270. The lowest BCUT2D eigenvalue weighted by Gasteiger charge is -2.29. The Kier molecular flexibility index (Phi) is 7.44. The summed E-state index contributed by atoms with van der Waals surface area (Å²) in [5.41, 5.74) is -0.211. The standard InChI is InChI=1S/C26H26F3N3O4/c1-16-2-3-18-13-20(5-4-17(18)12-16)31-25(33)15-36-22-9-6-19(7-10-22)30-21-8-11-24(32(34)35)23(14-21)26(27,28)29/h2-5,8,11-14,19,22,30H,6-7,9-10,15H2,1H3,(H,31,33). The van der Waals surface area contributed by atoms with E-state index in [9.17, 15) is 28.1 Å². The fourth-order valence-electron chi connectivity index (χ4n) is 4.46. The van der Waals surface area contributed by atoms with E-state index in [-0.39, 0.29) is 30.3 Å². The molecule has 0 unspecified atom stereocenters. The number of carbonyl (C=O) groups excluding carboxylic acids is 1. The van der Waals surface area contributed by atoms with E-state index in [1.807, 2.05) is 37.3 Å². The lowest BCUT2D eigenvalue weighted by molar-refractivity contribution is -0.388. The minimum atomic E-state index is -4.82. The van der Waals surface area contributed by atoms with Gasteiger partial charge in [-0.2, -0.15) is 13.2 Å². The number of aryl methyl sites for hydroxylation is 1. The molecule has 10 heteroatoms. The molecule has 4 rings (SSSR count). The molecular weight excluding hydrogens is 475 g/mol. The Hall–Kier alpha value is -3.66. The van der Waals surface area contributed by atoms with Crippen molar-refractivity contribution in [2.45, 2.75) is 50.9 Å². The van der Waals surface area contributed by atoms with E-state index in [4.69, 9.17) is 4.74 Å². The van der Waals surface area contributed by atoms with Crippen LogP contribution in [-0.2, 0) is 15.7 Å². The van der Waals surface area contributed by atoms with E-state index in [0.29, 0.717) is 31.4 Å². The Morgan fingerprint density at radius 3 is 2.36 bits per heavy atom. The second kappa shape index (κ2) is 10.5. The molecule has 36 heavy (non-hydrogen) atoms. The highest BCUT2D eigenvalue weighted by Gasteiger charge is 2.38. The molecule has 1 aliphatic carbocycles. The van der Waals surface area contributed by atoms with Crippen LogP contribution >= 0.6 is 0 Å². The van der Waals surface area contributed by atoms with Crippen LogP contribution in [0.25, 0.3) is 10.8 Å². The zero-order valence-electron chi connectivity index (χ0n) is 19.6. The molecule has 0 radical (unpaired) electrons. The average molecular weight is 502 g/mol. The minimum absolute atomic E-state index is 0.0913. The van der Waals surface area contributed by atoms with Gasteiger partial charge in [0.2, 0.25) is 5.91 Å². The first-order valence-electron chi connectivity index (χ1n) is 11.6. The highest BCUT2D eigenvalue weighted by Crippen LogP contribution is 2.38. The molecule has 1 fully saturated rings. The van der Waals surface area contributed by atoms with Crippen LogP contribution in [0.15, 0.2) is 54.6 Å². The third kappa shape index (κ3) is 6.31. The van der Waals surface area contributed by atoms with Crippen LogP contribution in [0.4, 0.5) is 30.2 Å². The van der Waals surface area contributed by atoms with Crippen LogP contribution in [-0.4, -0.2) is 29.6 Å². The molecule has 0 aliphatic heterocycles. The van der Waals surface area contributed by atoms with E-state index in [2.05, 4.69) is 16.7 Å². The first-order chi connectivity index (χ1) is 17.1. The maximum atomic E-state index is 13.2. The summed E-state index contributed by atoms with van der Waals surface area (Å²) >= 11 is 0. The van der Waals surface area contributed by atoms with Gasteiger partial charge in [-0.1, -0.05) is 29.8 Å². The number of fused-ring (bicyclic) bond motifs is 1. The van der Waals surface area contributed by atoms with E-state index in [1.54, 1.807) is 0 Å². The minimum Gasteiger partial charge on any atom is -0.382 e. The lowest BCUT2D eigenvalue weighted by atomic mass is 9.92. The van der Waals surface area contributed by atoms with Crippen LogP contribution in [0, 0.1) is 17.0 Å². The summed E-state index contributed by atoms with van der Waals surface area (Å²) in [6.07, 6.45) is -2.41. The van der Waals surface area contributed by atoms with Gasteiger partial charge in [0, 0.05) is 23.5 Å². The maximum absolute atomic E-state index is 13.2. The van der Waals surface area contributed by atoms with Gasteiger partial charge in [0.15, 0.2) is 0 Å². The molecule has 1 aliphatic rings. The molecule has 0 aromatic heterocycles. The summed E-state index contributed by atoms with van der Waals surface area (Å²) in [7, 11) is 0. The monoisotopic (exact) mass is 501 g/mol. The van der Waals surface area contributed by atoms with Gasteiger partial charge in [0.25, 0.3) is 5.69 Å². The van der Waals surface area contributed by atoms with Crippen LogP contribution < -0.4 is 10.6 Å². The number of alkyl halides is 3. The molecule has 0 atom stereocenters. The number of nitro benzene ring substituents is 1. The highest BCUT2D eigenvalue weighted by atomic mass is 19.4. The van der Waals surface area contributed by atoms with Crippen molar-refractivity contribution in [2.75, 3.05) is 17.2 Å². The van der Waals surface area contributed by atoms with Gasteiger partial charge in [0.1, 0.15) is 12.2 Å². The topological polar surface area (TPSA) is 93.5 Å². The van der Waals surface area contributed by atoms with Gasteiger partial charge in [-0.05, 0) is 67.6 Å². The molecule has 0 heterocycles. The van der Waals surface area contributed by atoms with Gasteiger partial charge < -0.3 is 15.4 Å². The summed E-state index contributed by atoms with van der Waals surface area (Å²) in [5, 5.41) is 18.9. The maximum Gasteiger partial charge on any atom is 0.423 e. The Morgan fingerprint density at radius 1 is 1.00 bits per heavy atom. The summed E-state index contributed by atoms with van der Waals surface area (Å²) in [6, 6.07) is 14.6. The third-order valence-corrected chi connectivity index (χ3v) is 6.27. The zero-order valence-corrected chi connectivity index (χ0v) is 19.6. The molecule has 3 aromatic carbocycles. The molecule has 1 saturated carbocycles. The number of nitrogens with one attached hydrogen (secondary N) is 2. The van der Waals surface area contributed by atoms with Crippen LogP contribution in [0.3, 0.4) is 0 Å². The number of benzene rings is 3. The number of amides is 1. The van der Waals surface area contributed by atoms with Crippen LogP contribution in [0.5, 0.6) is 0 Å². The molecular formula is C26H26F3N3O4. The number of hydrogen-bond donors (Lipinski definition) is 2. The Labute approximate surface area is 205 Å². The number of hydrogen-bond acceptors (Lipinski definition) is 5. The number of rotatable bonds is 7. The van der Waals surface area contributed by atoms with E-state index < -0.39 is 22.4 Å². The van der Waals surface area contributed by atoms with Crippen molar-refractivity contribution in [1.29, 1.82) is 0 Å². The zero-order chi connectivity index (χ0) is 25.9. The first-order valence-corrected chi connectivity index (χ1v) is 11.6. The number of ether oxygens (including phenoxy) is 1. The van der Waals surface area contributed by atoms with Gasteiger partial charge in [0.05, 0.1) is 11.0 Å².